The van der Waals surface area contributed by atoms with Crippen molar-refractivity contribution in [3.63, 3.8) is 0 Å². The average molecular weight is 1120 g/mol. The van der Waals surface area contributed by atoms with Gasteiger partial charge in [0, 0.05) is 17.9 Å². The van der Waals surface area contributed by atoms with Crippen LogP contribution in [0.3, 0.4) is 0 Å². The lowest BCUT2D eigenvalue weighted by Gasteiger charge is -2.24. The lowest BCUT2D eigenvalue weighted by molar-refractivity contribution is 0.862. The number of halogens is 5. The van der Waals surface area contributed by atoms with Crippen molar-refractivity contribution in [2.75, 3.05) is 0 Å². The van der Waals surface area contributed by atoms with E-state index < -0.39 is 6.99 Å². The standard InChI is InChI=1S/C24H26BBr.C18H22BF.C9H11Br.C6H4Br2.CH3/c1-15-10-17(3)23(18(4)11-15)25(21-8-7-9-22(26)14-21)24-19(5)12-16(2)13-20(24)6;1-11-7-13(3)17(14(4)8-11)19(20)18-15(5)9-12(2)10-16(18)6;1-6-4-7(2)9(10)8(3)5-6;7-5-2-1-3-6(8)4-5;/h7-14H,1-6H3;7-10H,1-6H3;4-5H,1-3H3;1-4H;1H3/q;;;;-1. The molecule has 0 saturated carbocycles. The highest BCUT2D eigenvalue weighted by Gasteiger charge is 2.29. The highest BCUT2D eigenvalue weighted by molar-refractivity contribution is 9.11. The third-order valence-corrected chi connectivity index (χ3v) is 14.3. The van der Waals surface area contributed by atoms with Crippen LogP contribution < -0.4 is 27.3 Å². The summed E-state index contributed by atoms with van der Waals surface area (Å²) in [6, 6.07) is 38.6. The van der Waals surface area contributed by atoms with Gasteiger partial charge in [0.05, 0.1) is 0 Å². The normalized spacial score (nSPS) is 10.3. The second kappa shape index (κ2) is 25.0. The molecule has 0 aliphatic carbocycles. The first-order chi connectivity index (χ1) is 30.0. The predicted octanol–water partition coefficient (Wildman–Crippen LogP) is 15.5. The molecule has 7 aromatic rings. The summed E-state index contributed by atoms with van der Waals surface area (Å²) in [6.45, 7) is 31.0. The molecule has 0 atom stereocenters. The number of rotatable bonds is 5. The molecule has 0 nitrogen and oxygen atoms in total. The third kappa shape index (κ3) is 15.3. The van der Waals surface area contributed by atoms with Gasteiger partial charge in [-0.1, -0.05) is 237 Å². The van der Waals surface area contributed by atoms with Crippen molar-refractivity contribution >= 4 is 105 Å². The highest BCUT2D eigenvalue weighted by atomic mass is 79.9. The first-order valence-electron chi connectivity index (χ1n) is 21.8. The smallest absolute Gasteiger partial charge is 0.358 e. The van der Waals surface area contributed by atoms with Crippen LogP contribution in [0.5, 0.6) is 0 Å². The lowest BCUT2D eigenvalue weighted by Crippen LogP contribution is -2.55. The minimum absolute atomic E-state index is 0. The van der Waals surface area contributed by atoms with E-state index in [4.69, 9.17) is 0 Å². The Balaban J connectivity index is 0.000000252. The zero-order valence-corrected chi connectivity index (χ0v) is 47.8. The first kappa shape index (κ1) is 55.8. The molecule has 0 aliphatic heterocycles. The summed E-state index contributed by atoms with van der Waals surface area (Å²) in [7, 11) is 0. The van der Waals surface area contributed by atoms with Gasteiger partial charge in [-0.2, -0.15) is 0 Å². The fourth-order valence-corrected chi connectivity index (χ4v) is 11.2. The van der Waals surface area contributed by atoms with Crippen molar-refractivity contribution < 1.29 is 4.32 Å². The van der Waals surface area contributed by atoms with E-state index in [1.807, 2.05) is 52.0 Å². The Morgan fingerprint density at radius 2 is 0.569 bits per heavy atom. The van der Waals surface area contributed by atoms with Gasteiger partial charge in [-0.25, -0.2) is 0 Å². The molecule has 0 unspecified atom stereocenters. The zero-order chi connectivity index (χ0) is 47.7. The van der Waals surface area contributed by atoms with Crippen LogP contribution in [0.2, 0.25) is 0 Å². The van der Waals surface area contributed by atoms with Gasteiger partial charge in [0.1, 0.15) is 0 Å². The van der Waals surface area contributed by atoms with E-state index in [1.165, 1.54) is 82.1 Å². The van der Waals surface area contributed by atoms with Gasteiger partial charge in [-0.15, -0.1) is 0 Å². The molecule has 7 heteroatoms. The maximum absolute atomic E-state index is 15.2. The Labute approximate surface area is 427 Å². The molecule has 0 fully saturated rings. The Hall–Kier alpha value is -3.48. The predicted molar refractivity (Wildman–Crippen MR) is 304 cm³/mol. The fraction of sp³-hybridized carbons (Fsp3) is 0.259. The quantitative estimate of drug-likeness (QED) is 0.119. The molecule has 7 aromatic carbocycles. The van der Waals surface area contributed by atoms with Crippen molar-refractivity contribution in [1.82, 2.24) is 0 Å². The molecule has 340 valence electrons. The molecule has 0 spiro atoms. The maximum Gasteiger partial charge on any atom is 0.414 e. The van der Waals surface area contributed by atoms with Gasteiger partial charge < -0.3 is 11.7 Å². The summed E-state index contributed by atoms with van der Waals surface area (Å²) in [4.78, 5) is 0. The van der Waals surface area contributed by atoms with Crippen molar-refractivity contribution in [2.24, 2.45) is 0 Å². The molecule has 0 aliphatic rings. The fourth-order valence-electron chi connectivity index (χ4n) is 9.41. The first-order valence-corrected chi connectivity index (χ1v) is 25.0. The summed E-state index contributed by atoms with van der Waals surface area (Å²) in [5.41, 5.74) is 24.5. The van der Waals surface area contributed by atoms with Gasteiger partial charge in [-0.3, -0.25) is 0 Å². The van der Waals surface area contributed by atoms with Crippen LogP contribution >= 0.6 is 63.7 Å². The number of hydrogen-bond donors (Lipinski definition) is 0. The van der Waals surface area contributed by atoms with Crippen LogP contribution in [0.1, 0.15) is 83.5 Å². The summed E-state index contributed by atoms with van der Waals surface area (Å²) >= 11 is 13.9. The SMILES string of the molecule is Brc1cccc(Br)c1.Cc1cc(C)c(B(F)c2c(C)cc(C)cc2C)c(C)c1.Cc1cc(C)c(B(c2cccc(Br)c2)c2c(C)cc(C)cc2C)c(C)c1.Cc1cc(C)c(Br)c(C)c1.[CH3-]. The van der Waals surface area contributed by atoms with Gasteiger partial charge >= 0.3 is 6.99 Å². The van der Waals surface area contributed by atoms with Crippen molar-refractivity contribution in [2.45, 2.75) is 104 Å². The van der Waals surface area contributed by atoms with Crippen molar-refractivity contribution in [3.8, 4) is 0 Å². The summed E-state index contributed by atoms with van der Waals surface area (Å²) in [5.74, 6) is 0. The maximum atomic E-state index is 15.2. The monoisotopic (exact) mass is 1120 g/mol. The molecule has 0 saturated heterocycles. The van der Waals surface area contributed by atoms with Crippen LogP contribution in [-0.4, -0.2) is 13.7 Å². The lowest BCUT2D eigenvalue weighted by atomic mass is 9.34. The van der Waals surface area contributed by atoms with E-state index in [0.29, 0.717) is 0 Å². The molecular formula is C58H66B2Br4F-. The third-order valence-electron chi connectivity index (χ3n) is 11.6. The molecule has 0 radical (unpaired) electrons. The van der Waals surface area contributed by atoms with Crippen molar-refractivity contribution in [3.05, 3.63) is 218 Å². The largest absolute Gasteiger partial charge is 0.414 e. The van der Waals surface area contributed by atoms with Crippen molar-refractivity contribution in [1.29, 1.82) is 0 Å². The summed E-state index contributed by atoms with van der Waals surface area (Å²) in [5, 5.41) is 0. The van der Waals surface area contributed by atoms with Gasteiger partial charge in [-0.05, 0) is 150 Å². The minimum Gasteiger partial charge on any atom is -0.358 e. The molecular weight excluding hydrogens is 1060 g/mol. The topological polar surface area (TPSA) is 0 Å². The van der Waals surface area contributed by atoms with E-state index in [9.17, 15) is 0 Å². The average Bonchev–Trinajstić information content (AvgIpc) is 3.15. The van der Waals surface area contributed by atoms with Gasteiger partial charge in [0.25, 0.3) is 0 Å². The number of aryl methyl sites for hydroxylation is 15. The number of hydrogen-bond acceptors (Lipinski definition) is 0. The second-order valence-electron chi connectivity index (χ2n) is 17.8. The summed E-state index contributed by atoms with van der Waals surface area (Å²) in [6.07, 6.45) is 0. The van der Waals surface area contributed by atoms with Gasteiger partial charge in [0.15, 0.2) is 0 Å². The highest BCUT2D eigenvalue weighted by Crippen LogP contribution is 2.22. The minimum atomic E-state index is -1.05. The second-order valence-corrected chi connectivity index (χ2v) is 21.3. The molecule has 65 heavy (non-hydrogen) atoms. The molecule has 0 N–H and O–H groups in total. The van der Waals surface area contributed by atoms with E-state index in [-0.39, 0.29) is 14.1 Å². The van der Waals surface area contributed by atoms with E-state index >= 15 is 4.32 Å². The van der Waals surface area contributed by atoms with E-state index in [2.05, 4.69) is 225 Å². The van der Waals surface area contributed by atoms with E-state index in [1.54, 1.807) is 0 Å². The Kier molecular flexibility index (Phi) is 21.5. The molecule has 0 aromatic heterocycles. The van der Waals surface area contributed by atoms with Gasteiger partial charge in [0.2, 0.25) is 6.71 Å². The molecule has 0 heterocycles. The zero-order valence-electron chi connectivity index (χ0n) is 41.4. The molecule has 0 bridgehead atoms. The molecule has 7 rings (SSSR count). The van der Waals surface area contributed by atoms with Crippen LogP contribution in [0.4, 0.5) is 4.32 Å². The van der Waals surface area contributed by atoms with Crippen LogP contribution in [0.15, 0.2) is 127 Å². The number of benzene rings is 7. The summed E-state index contributed by atoms with van der Waals surface area (Å²) < 4.78 is 19.7. The van der Waals surface area contributed by atoms with Crippen LogP contribution in [0, 0.1) is 111 Å². The molecule has 0 amide bonds. The van der Waals surface area contributed by atoms with E-state index in [0.717, 1.165) is 46.6 Å². The van der Waals surface area contributed by atoms with Crippen LogP contribution in [0.25, 0.3) is 0 Å². The van der Waals surface area contributed by atoms with Crippen LogP contribution in [-0.2, 0) is 0 Å². The Morgan fingerprint density at radius 3 is 0.831 bits per heavy atom. The Morgan fingerprint density at radius 1 is 0.323 bits per heavy atom. The Bertz CT molecular complexity index is 2510.